The van der Waals surface area contributed by atoms with Crippen LogP contribution in [0, 0.1) is 0 Å². The summed E-state index contributed by atoms with van der Waals surface area (Å²) in [4.78, 5) is 2.58. The van der Waals surface area contributed by atoms with Gasteiger partial charge in [-0.25, -0.2) is 0 Å². The van der Waals surface area contributed by atoms with Crippen molar-refractivity contribution < 1.29 is 0 Å². The summed E-state index contributed by atoms with van der Waals surface area (Å²) in [5, 5.41) is 7.74. The van der Waals surface area contributed by atoms with Crippen molar-refractivity contribution >= 4 is 81.1 Å². The maximum absolute atomic E-state index is 2.58. The van der Waals surface area contributed by atoms with Gasteiger partial charge in [0.2, 0.25) is 0 Å². The second-order valence-electron chi connectivity index (χ2n) is 22.5. The molecule has 0 saturated heterocycles. The van der Waals surface area contributed by atoms with Gasteiger partial charge in [0.15, 0.2) is 0 Å². The molecule has 3 aliphatic carbocycles. The van der Waals surface area contributed by atoms with Crippen molar-refractivity contribution in [1.82, 2.24) is 4.57 Å². The molecule has 2 nitrogen and oxygen atoms in total. The Labute approximate surface area is 472 Å². The summed E-state index contributed by atoms with van der Waals surface area (Å²) in [6.45, 7) is 0. The Kier molecular flexibility index (Phi) is 8.57. The van der Waals surface area contributed by atoms with Crippen molar-refractivity contribution in [1.29, 1.82) is 0 Å². The molecule has 2 aromatic heterocycles. The minimum absolute atomic E-state index is 0.545. The van der Waals surface area contributed by atoms with Gasteiger partial charge in [0.25, 0.3) is 0 Å². The Bertz CT molecular complexity index is 5270. The molecule has 2 unspecified atom stereocenters. The Morgan fingerprint density at radius 1 is 0.309 bits per heavy atom. The predicted molar refractivity (Wildman–Crippen MR) is 338 cm³/mol. The number of thiophene rings is 1. The Hall–Kier alpha value is -10.1. The molecular weight excluding hydrogens is 997 g/mol. The van der Waals surface area contributed by atoms with Gasteiger partial charge in [-0.1, -0.05) is 224 Å². The van der Waals surface area contributed by atoms with Crippen molar-refractivity contribution in [3.8, 4) is 50.2 Å². The van der Waals surface area contributed by atoms with Gasteiger partial charge < -0.3 is 9.47 Å². The number of rotatable bonds is 4. The van der Waals surface area contributed by atoms with Crippen molar-refractivity contribution in [2.75, 3.05) is 4.90 Å². The van der Waals surface area contributed by atoms with Gasteiger partial charge in [-0.2, -0.15) is 0 Å². The summed E-state index contributed by atoms with van der Waals surface area (Å²) in [5.74, 6) is 0. The molecule has 0 radical (unpaired) electrons. The molecule has 0 fully saturated rings. The van der Waals surface area contributed by atoms with Gasteiger partial charge in [-0.3, -0.25) is 0 Å². The van der Waals surface area contributed by atoms with Gasteiger partial charge in [0.05, 0.1) is 33.2 Å². The Balaban J connectivity index is 0.884. The maximum Gasteiger partial charge on any atom is 0.0755 e. The highest BCUT2D eigenvalue weighted by Gasteiger charge is 2.54. The molecule has 4 aliphatic rings. The first kappa shape index (κ1) is 43.9. The number of anilines is 3. The summed E-state index contributed by atoms with van der Waals surface area (Å²) in [7, 11) is 0. The number of fused-ring (bicyclic) bond motifs is 27. The zero-order chi connectivity index (χ0) is 52.7. The fraction of sp³-hybridized carbons (Fsp3) is 0.0256. The first-order valence-electron chi connectivity index (χ1n) is 28.2. The number of aromatic nitrogens is 1. The van der Waals surface area contributed by atoms with Crippen LogP contribution < -0.4 is 4.90 Å². The summed E-state index contributed by atoms with van der Waals surface area (Å²) < 4.78 is 5.17. The highest BCUT2D eigenvalue weighted by atomic mass is 32.1. The van der Waals surface area contributed by atoms with Crippen LogP contribution >= 0.6 is 11.3 Å². The second-order valence-corrected chi connectivity index (χ2v) is 23.6. The fourth-order valence-corrected chi connectivity index (χ4v) is 17.1. The lowest BCUT2D eigenvalue weighted by atomic mass is 9.65. The van der Waals surface area contributed by atoms with E-state index >= 15 is 0 Å². The fourth-order valence-electron chi connectivity index (χ4n) is 15.9. The average Bonchev–Trinajstić information content (AvgIpc) is 3.63. The van der Waals surface area contributed by atoms with Crippen molar-refractivity contribution in [3.63, 3.8) is 0 Å². The summed E-state index contributed by atoms with van der Waals surface area (Å²) >= 11 is 1.87. The zero-order valence-corrected chi connectivity index (χ0v) is 44.7. The predicted octanol–water partition coefficient (Wildman–Crippen LogP) is 20.5. The molecule has 19 rings (SSSR count). The SMILES string of the molecule is c1ccc2c(c1)-c1ccc(N(c3ccc(-c4ccc5c(c4)sc4ccccc45)cc3)c3cccc4c3-c3ccccc3C43c4ccccc4-n4c5ccccc5c5cccc3c54)cc1C21c2ccccc2-c2c1ccc1ccccc21. The first-order valence-corrected chi connectivity index (χ1v) is 29.1. The lowest BCUT2D eigenvalue weighted by Gasteiger charge is -2.39. The van der Waals surface area contributed by atoms with Gasteiger partial charge >= 0.3 is 0 Å². The zero-order valence-electron chi connectivity index (χ0n) is 43.9. The minimum atomic E-state index is -0.604. The molecule has 0 saturated carbocycles. The minimum Gasteiger partial charge on any atom is -0.310 e. The van der Waals surface area contributed by atoms with Gasteiger partial charge in [0.1, 0.15) is 0 Å². The van der Waals surface area contributed by atoms with Crippen LogP contribution in [-0.4, -0.2) is 4.57 Å². The highest BCUT2D eigenvalue weighted by Crippen LogP contribution is 2.66. The van der Waals surface area contributed by atoms with E-state index in [-0.39, 0.29) is 0 Å². The van der Waals surface area contributed by atoms with Crippen LogP contribution in [0.15, 0.2) is 279 Å². The van der Waals surface area contributed by atoms with Gasteiger partial charge in [-0.05, 0) is 149 Å². The summed E-state index contributed by atoms with van der Waals surface area (Å²) in [6, 6.07) is 106. The van der Waals surface area contributed by atoms with Crippen LogP contribution in [-0.2, 0) is 10.8 Å². The third-order valence-corrected chi connectivity index (χ3v) is 20.1. The van der Waals surface area contributed by atoms with Crippen molar-refractivity contribution in [2.45, 2.75) is 10.8 Å². The summed E-state index contributed by atoms with van der Waals surface area (Å²) in [5.41, 5.74) is 26.6. The molecule has 374 valence electrons. The maximum atomic E-state index is 2.58. The standard InChI is InChI=1S/C78H46N2S/c1-2-18-52-48(17-1)38-44-66-74(52)59-22-4-9-26-62(59)77(66)61-25-8-3-19-53(61)54-43-41-51(46-68(54)77)79(50-39-35-47(36-40-50)49-37-42-57-56-21-7-14-34-72(56)81-73(57)45-49)71-33-16-29-65-75(71)60-23-5-10-27-63(60)78(65)64-28-11-13-32-70(64)80-69-31-12-6-20-55(69)58-24-15-30-67(78)76(58)80/h1-46H. The molecule has 0 bridgehead atoms. The molecular formula is C78H46N2S. The number of hydrogen-bond acceptors (Lipinski definition) is 2. The lowest BCUT2D eigenvalue weighted by molar-refractivity contribution is 0.748. The number of benzene rings is 13. The van der Waals surface area contributed by atoms with E-state index in [1.165, 1.54) is 147 Å². The van der Waals surface area contributed by atoms with Crippen LogP contribution in [0.3, 0.4) is 0 Å². The average molecular weight is 1040 g/mol. The van der Waals surface area contributed by atoms with E-state index in [1.54, 1.807) is 0 Å². The quantitative estimate of drug-likeness (QED) is 0.171. The Morgan fingerprint density at radius 2 is 0.877 bits per heavy atom. The van der Waals surface area contributed by atoms with Crippen LogP contribution in [0.1, 0.15) is 44.5 Å². The molecule has 1 aliphatic heterocycles. The van der Waals surface area contributed by atoms with Crippen LogP contribution in [0.2, 0.25) is 0 Å². The molecule has 2 atom stereocenters. The highest BCUT2D eigenvalue weighted by molar-refractivity contribution is 7.25. The van der Waals surface area contributed by atoms with E-state index in [0.717, 1.165) is 17.1 Å². The molecule has 0 amide bonds. The van der Waals surface area contributed by atoms with Gasteiger partial charge in [-0.15, -0.1) is 11.3 Å². The van der Waals surface area contributed by atoms with Crippen LogP contribution in [0.25, 0.3) is 103 Å². The van der Waals surface area contributed by atoms with Crippen molar-refractivity contribution in [2.24, 2.45) is 0 Å². The smallest absolute Gasteiger partial charge is 0.0755 e. The third-order valence-electron chi connectivity index (χ3n) is 19.0. The lowest BCUT2D eigenvalue weighted by Crippen LogP contribution is -2.33. The van der Waals surface area contributed by atoms with E-state index < -0.39 is 10.8 Å². The number of nitrogens with zero attached hydrogens (tertiary/aromatic N) is 2. The van der Waals surface area contributed by atoms with E-state index in [2.05, 4.69) is 289 Å². The second kappa shape index (κ2) is 15.8. The van der Waals surface area contributed by atoms with E-state index in [9.17, 15) is 0 Å². The third kappa shape index (κ3) is 5.43. The number of hydrogen-bond donors (Lipinski definition) is 0. The van der Waals surface area contributed by atoms with Crippen LogP contribution in [0.4, 0.5) is 17.1 Å². The molecule has 3 heteroatoms. The first-order chi connectivity index (χ1) is 40.2. The van der Waals surface area contributed by atoms with E-state index in [0.29, 0.717) is 0 Å². The van der Waals surface area contributed by atoms with E-state index in [4.69, 9.17) is 0 Å². The van der Waals surface area contributed by atoms with E-state index in [1.807, 2.05) is 11.3 Å². The molecule has 13 aromatic carbocycles. The molecule has 2 spiro atoms. The van der Waals surface area contributed by atoms with Crippen molar-refractivity contribution in [3.05, 3.63) is 324 Å². The monoisotopic (exact) mass is 1040 g/mol. The molecule has 15 aromatic rings. The molecule has 81 heavy (non-hydrogen) atoms. The summed E-state index contributed by atoms with van der Waals surface area (Å²) in [6.07, 6.45) is 0. The molecule has 0 N–H and O–H groups in total. The topological polar surface area (TPSA) is 8.17 Å². The Morgan fingerprint density at radius 3 is 1.72 bits per heavy atom. The van der Waals surface area contributed by atoms with Gasteiger partial charge in [0, 0.05) is 47.9 Å². The largest absolute Gasteiger partial charge is 0.310 e. The normalized spacial score (nSPS) is 16.5. The number of para-hydroxylation sites is 3. The van der Waals surface area contributed by atoms with Crippen LogP contribution in [0.5, 0.6) is 0 Å². The molecule has 3 heterocycles.